The van der Waals surface area contributed by atoms with E-state index in [2.05, 4.69) is 10.6 Å². The monoisotopic (exact) mass is 504 g/mol. The minimum atomic E-state index is -3.58. The third kappa shape index (κ3) is 4.66. The van der Waals surface area contributed by atoms with Gasteiger partial charge in [-0.25, -0.2) is 13.2 Å². The van der Waals surface area contributed by atoms with Gasteiger partial charge < -0.3 is 10.6 Å². The number of nitrogens with one attached hydrogen (secondary N) is 2. The number of hydrogen-bond donors (Lipinski definition) is 2. The first-order valence-corrected chi connectivity index (χ1v) is 12.7. The maximum Gasteiger partial charge on any atom is 0.325 e. The molecule has 2 heterocycles. The van der Waals surface area contributed by atoms with Crippen LogP contribution >= 0.6 is 11.6 Å². The van der Waals surface area contributed by atoms with Crippen LogP contribution in [0.3, 0.4) is 0 Å². The Morgan fingerprint density at radius 2 is 1.65 bits per heavy atom. The molecule has 0 aromatic heterocycles. The largest absolute Gasteiger partial charge is 0.325 e. The number of amides is 4. The third-order valence-corrected chi connectivity index (χ3v) is 8.25. The smallest absolute Gasteiger partial charge is 0.325 e. The number of imide groups is 1. The molecular weight excluding hydrogens is 480 g/mol. The molecule has 11 heteroatoms. The van der Waals surface area contributed by atoms with Crippen LogP contribution in [0.25, 0.3) is 0 Å². The lowest BCUT2D eigenvalue weighted by Gasteiger charge is -2.25. The Hall–Kier alpha value is -2.95. The Morgan fingerprint density at radius 3 is 2.26 bits per heavy atom. The maximum atomic E-state index is 13.0. The van der Waals surface area contributed by atoms with Crippen molar-refractivity contribution in [1.29, 1.82) is 0 Å². The molecule has 0 bridgehead atoms. The summed E-state index contributed by atoms with van der Waals surface area (Å²) in [5.41, 5.74) is -0.411. The summed E-state index contributed by atoms with van der Waals surface area (Å²) in [5, 5.41) is 5.73. The van der Waals surface area contributed by atoms with Crippen LogP contribution in [0.5, 0.6) is 0 Å². The minimum Gasteiger partial charge on any atom is -0.325 e. The summed E-state index contributed by atoms with van der Waals surface area (Å²) in [6, 6.07) is 11.7. The average molecular weight is 505 g/mol. The lowest BCUT2D eigenvalue weighted by molar-refractivity contribution is -0.133. The highest BCUT2D eigenvalue weighted by molar-refractivity contribution is 7.89. The van der Waals surface area contributed by atoms with Gasteiger partial charge in [0.1, 0.15) is 12.1 Å². The highest BCUT2D eigenvalue weighted by Crippen LogP contribution is 2.29. The summed E-state index contributed by atoms with van der Waals surface area (Å²) in [6.07, 6.45) is 2.70. The van der Waals surface area contributed by atoms with Crippen molar-refractivity contribution in [3.63, 3.8) is 0 Å². The van der Waals surface area contributed by atoms with Crippen molar-refractivity contribution in [3.8, 4) is 0 Å². The van der Waals surface area contributed by atoms with Crippen molar-refractivity contribution in [2.75, 3.05) is 25.0 Å². The number of halogens is 1. The standard InChI is InChI=1S/C23H25ClN4O5S/c1-23(16-5-7-17(24)8-6-16)21(30)28(22(31)26-23)15-20(29)25-18-9-11-19(12-10-18)34(32,33)27-13-3-2-4-14-27/h5-12H,2-4,13-15H2,1H3,(H,25,29)(H,26,31)/t23-/m1/s1. The van der Waals surface area contributed by atoms with Gasteiger partial charge in [-0.15, -0.1) is 0 Å². The number of piperidine rings is 1. The predicted octanol–water partition coefficient (Wildman–Crippen LogP) is 2.92. The summed E-state index contributed by atoms with van der Waals surface area (Å²) in [6.45, 7) is 2.08. The van der Waals surface area contributed by atoms with Gasteiger partial charge in [0.25, 0.3) is 5.91 Å². The Labute approximate surface area is 203 Å². The Balaban J connectivity index is 1.41. The number of nitrogens with zero attached hydrogens (tertiary/aromatic N) is 2. The number of rotatable bonds is 6. The number of benzene rings is 2. The molecule has 2 aliphatic rings. The van der Waals surface area contributed by atoms with E-state index in [0.717, 1.165) is 24.2 Å². The van der Waals surface area contributed by atoms with Gasteiger partial charge in [0, 0.05) is 23.8 Å². The van der Waals surface area contributed by atoms with E-state index >= 15 is 0 Å². The van der Waals surface area contributed by atoms with Crippen LogP contribution in [-0.4, -0.2) is 55.1 Å². The predicted molar refractivity (Wildman–Crippen MR) is 127 cm³/mol. The minimum absolute atomic E-state index is 0.153. The number of anilines is 1. The normalized spacial score (nSPS) is 21.4. The van der Waals surface area contributed by atoms with Crippen molar-refractivity contribution in [2.45, 2.75) is 36.6 Å². The first kappa shape index (κ1) is 24.2. The van der Waals surface area contributed by atoms with E-state index in [-0.39, 0.29) is 4.90 Å². The molecule has 2 N–H and O–H groups in total. The van der Waals surface area contributed by atoms with E-state index < -0.39 is 40.0 Å². The van der Waals surface area contributed by atoms with Crippen molar-refractivity contribution in [1.82, 2.24) is 14.5 Å². The number of sulfonamides is 1. The SMILES string of the molecule is C[C@]1(c2ccc(Cl)cc2)NC(=O)N(CC(=O)Nc2ccc(S(=O)(=O)N3CCCCC3)cc2)C1=O. The zero-order valence-corrected chi connectivity index (χ0v) is 20.2. The highest BCUT2D eigenvalue weighted by Gasteiger charge is 2.49. The summed E-state index contributed by atoms with van der Waals surface area (Å²) >= 11 is 5.91. The summed E-state index contributed by atoms with van der Waals surface area (Å²) < 4.78 is 27.0. The first-order chi connectivity index (χ1) is 16.1. The van der Waals surface area contributed by atoms with Gasteiger partial charge in [-0.2, -0.15) is 4.31 Å². The Kier molecular flexibility index (Phi) is 6.66. The number of carbonyl (C=O) groups is 3. The number of urea groups is 1. The molecule has 0 aliphatic carbocycles. The van der Waals surface area contributed by atoms with Crippen LogP contribution in [-0.2, 0) is 25.2 Å². The quantitative estimate of drug-likeness (QED) is 0.587. The van der Waals surface area contributed by atoms with Gasteiger partial charge in [0.2, 0.25) is 15.9 Å². The molecule has 34 heavy (non-hydrogen) atoms. The molecule has 2 aromatic carbocycles. The molecule has 1 atom stereocenters. The Morgan fingerprint density at radius 1 is 1.03 bits per heavy atom. The van der Waals surface area contributed by atoms with Crippen LogP contribution in [0.1, 0.15) is 31.7 Å². The molecule has 4 rings (SSSR count). The molecule has 0 saturated carbocycles. The second-order valence-corrected chi connectivity index (χ2v) is 10.9. The van der Waals surface area contributed by atoms with E-state index in [9.17, 15) is 22.8 Å². The average Bonchev–Trinajstić information content (AvgIpc) is 3.04. The zero-order chi connectivity index (χ0) is 24.5. The van der Waals surface area contributed by atoms with Crippen molar-refractivity contribution in [2.24, 2.45) is 0 Å². The summed E-state index contributed by atoms with van der Waals surface area (Å²) in [7, 11) is -3.58. The van der Waals surface area contributed by atoms with E-state index in [4.69, 9.17) is 11.6 Å². The summed E-state index contributed by atoms with van der Waals surface area (Å²) in [4.78, 5) is 39.0. The number of carbonyl (C=O) groups excluding carboxylic acids is 3. The highest BCUT2D eigenvalue weighted by atomic mass is 35.5. The van der Waals surface area contributed by atoms with Gasteiger partial charge in [-0.3, -0.25) is 14.5 Å². The molecule has 9 nitrogen and oxygen atoms in total. The molecule has 0 radical (unpaired) electrons. The lowest BCUT2D eigenvalue weighted by atomic mass is 9.92. The van der Waals surface area contributed by atoms with Crippen LogP contribution in [0, 0.1) is 0 Å². The second-order valence-electron chi connectivity index (χ2n) is 8.49. The lowest BCUT2D eigenvalue weighted by Crippen LogP contribution is -2.42. The molecule has 2 aromatic rings. The Bertz CT molecular complexity index is 1210. The van der Waals surface area contributed by atoms with Gasteiger partial charge in [0.15, 0.2) is 0 Å². The third-order valence-electron chi connectivity index (χ3n) is 6.09. The van der Waals surface area contributed by atoms with Crippen LogP contribution in [0.4, 0.5) is 10.5 Å². The fourth-order valence-corrected chi connectivity index (χ4v) is 5.77. The van der Waals surface area contributed by atoms with Crippen molar-refractivity contribution >= 4 is 45.2 Å². The molecule has 0 spiro atoms. The van der Waals surface area contributed by atoms with Crippen molar-refractivity contribution in [3.05, 3.63) is 59.1 Å². The maximum absolute atomic E-state index is 13.0. The molecular formula is C23H25ClN4O5S. The van der Waals surface area contributed by atoms with Crippen LogP contribution < -0.4 is 10.6 Å². The van der Waals surface area contributed by atoms with Crippen LogP contribution in [0.15, 0.2) is 53.4 Å². The van der Waals surface area contributed by atoms with Crippen LogP contribution in [0.2, 0.25) is 5.02 Å². The molecule has 2 saturated heterocycles. The van der Waals surface area contributed by atoms with Gasteiger partial charge in [-0.1, -0.05) is 30.2 Å². The van der Waals surface area contributed by atoms with Gasteiger partial charge in [0.05, 0.1) is 4.90 Å². The number of hydrogen-bond acceptors (Lipinski definition) is 5. The topological polar surface area (TPSA) is 116 Å². The zero-order valence-electron chi connectivity index (χ0n) is 18.6. The fourth-order valence-electron chi connectivity index (χ4n) is 4.13. The first-order valence-electron chi connectivity index (χ1n) is 10.9. The molecule has 0 unspecified atom stereocenters. The van der Waals surface area contributed by atoms with Gasteiger partial charge in [-0.05, 0) is 61.7 Å². The fraction of sp³-hybridized carbons (Fsp3) is 0.348. The summed E-state index contributed by atoms with van der Waals surface area (Å²) in [5.74, 6) is -1.14. The molecule has 2 aliphatic heterocycles. The molecule has 180 valence electrons. The van der Waals surface area contributed by atoms with E-state index in [1.807, 2.05) is 0 Å². The second kappa shape index (κ2) is 9.36. The van der Waals surface area contributed by atoms with E-state index in [1.54, 1.807) is 31.2 Å². The van der Waals surface area contributed by atoms with E-state index in [1.165, 1.54) is 28.6 Å². The molecule has 2 fully saturated rings. The molecule has 4 amide bonds. The van der Waals surface area contributed by atoms with Crippen molar-refractivity contribution < 1.29 is 22.8 Å². The van der Waals surface area contributed by atoms with E-state index in [0.29, 0.717) is 29.4 Å². The van der Waals surface area contributed by atoms with Gasteiger partial charge >= 0.3 is 6.03 Å².